The van der Waals surface area contributed by atoms with Crippen LogP contribution >= 0.6 is 18.9 Å². The average Bonchev–Trinajstić information content (AvgIpc) is 3.54. The Hall–Kier alpha value is -3.71. The van der Waals surface area contributed by atoms with Crippen LogP contribution in [0.25, 0.3) is 32.9 Å². The van der Waals surface area contributed by atoms with E-state index in [9.17, 15) is 14.5 Å². The summed E-state index contributed by atoms with van der Waals surface area (Å²) in [6, 6.07) is 22.3. The Labute approximate surface area is 218 Å². The largest absolute Gasteiger partial charge is 0.477 e. The predicted octanol–water partition coefficient (Wildman–Crippen LogP) is 7.22. The van der Waals surface area contributed by atoms with Crippen LogP contribution in [0.5, 0.6) is 0 Å². The summed E-state index contributed by atoms with van der Waals surface area (Å²) in [4.78, 5) is 17.3. The van der Waals surface area contributed by atoms with Gasteiger partial charge in [-0.1, -0.05) is 42.0 Å². The van der Waals surface area contributed by atoms with Gasteiger partial charge in [-0.25, -0.2) is 4.79 Å². The fourth-order valence-corrected chi connectivity index (χ4v) is 7.20. The van der Waals surface area contributed by atoms with Gasteiger partial charge >= 0.3 is 13.5 Å². The van der Waals surface area contributed by atoms with E-state index in [1.165, 1.54) is 4.67 Å². The number of rotatable bonds is 8. The van der Waals surface area contributed by atoms with Crippen LogP contribution in [-0.4, -0.2) is 29.7 Å². The molecule has 0 radical (unpaired) electrons. The molecule has 0 amide bonds. The number of pyridine rings is 1. The van der Waals surface area contributed by atoms with Crippen molar-refractivity contribution in [3.63, 3.8) is 0 Å². The predicted molar refractivity (Wildman–Crippen MR) is 148 cm³/mol. The van der Waals surface area contributed by atoms with E-state index in [4.69, 9.17) is 8.94 Å². The molecular formula is C28H25N2O5PS. The standard InChI is InChI=1S/C28H25N2O5PS/c1-4-34-36(33,21-13-7-18(2)8-14-21)30(3)23-17-26(37-27(23)28(31)32)20-11-9-19(10-12-20)25-16-22-24(35-25)6-5-15-29-22/h5-17H,4H2,1-3H3,(H,31,32). The van der Waals surface area contributed by atoms with Crippen molar-refractivity contribution in [2.24, 2.45) is 0 Å². The maximum Gasteiger partial charge on any atom is 0.348 e. The van der Waals surface area contributed by atoms with Gasteiger partial charge in [-0.2, -0.15) is 0 Å². The fraction of sp³-hybridized carbons (Fsp3) is 0.143. The van der Waals surface area contributed by atoms with Crippen molar-refractivity contribution in [1.82, 2.24) is 4.98 Å². The summed E-state index contributed by atoms with van der Waals surface area (Å²) in [5.41, 5.74) is 4.59. The topological polar surface area (TPSA) is 92.9 Å². The van der Waals surface area contributed by atoms with E-state index in [2.05, 4.69) is 4.98 Å². The number of aromatic carboxylic acids is 1. The van der Waals surface area contributed by atoms with Gasteiger partial charge in [0.25, 0.3) is 0 Å². The Morgan fingerprint density at radius 3 is 2.43 bits per heavy atom. The zero-order chi connectivity index (χ0) is 26.2. The number of thiophene rings is 1. The molecule has 0 saturated carbocycles. The number of nitrogens with zero attached hydrogens (tertiary/aromatic N) is 2. The minimum absolute atomic E-state index is 0.0944. The summed E-state index contributed by atoms with van der Waals surface area (Å²) in [5, 5.41) is 10.5. The van der Waals surface area contributed by atoms with Crippen molar-refractivity contribution < 1.29 is 23.4 Å². The first-order valence-electron chi connectivity index (χ1n) is 11.7. The van der Waals surface area contributed by atoms with Gasteiger partial charge in [-0.05, 0) is 49.7 Å². The lowest BCUT2D eigenvalue weighted by molar-refractivity contribution is 0.0703. The maximum absolute atomic E-state index is 14.1. The van der Waals surface area contributed by atoms with Crippen molar-refractivity contribution in [3.8, 4) is 21.8 Å². The molecule has 1 unspecified atom stereocenters. The van der Waals surface area contributed by atoms with Gasteiger partial charge in [-0.3, -0.25) is 14.2 Å². The lowest BCUT2D eigenvalue weighted by Gasteiger charge is -2.29. The van der Waals surface area contributed by atoms with Crippen LogP contribution in [0.2, 0.25) is 0 Å². The minimum Gasteiger partial charge on any atom is -0.477 e. The minimum atomic E-state index is -3.55. The van der Waals surface area contributed by atoms with Crippen LogP contribution in [0.4, 0.5) is 5.69 Å². The van der Waals surface area contributed by atoms with E-state index < -0.39 is 13.5 Å². The third kappa shape index (κ3) is 4.71. The van der Waals surface area contributed by atoms with Gasteiger partial charge in [0.2, 0.25) is 0 Å². The number of carboxylic acid groups (broad SMARTS) is 1. The molecule has 1 atom stereocenters. The van der Waals surface area contributed by atoms with E-state index in [1.54, 1.807) is 38.4 Å². The molecule has 0 fully saturated rings. The number of anilines is 1. The summed E-state index contributed by atoms with van der Waals surface area (Å²) < 4.78 is 27.3. The van der Waals surface area contributed by atoms with Crippen molar-refractivity contribution in [1.29, 1.82) is 0 Å². The van der Waals surface area contributed by atoms with Crippen molar-refractivity contribution in [2.45, 2.75) is 13.8 Å². The van der Waals surface area contributed by atoms with Crippen LogP contribution < -0.4 is 9.97 Å². The molecule has 2 aromatic carbocycles. The first-order chi connectivity index (χ1) is 17.8. The second kappa shape index (κ2) is 9.98. The van der Waals surface area contributed by atoms with Crippen LogP contribution in [0.1, 0.15) is 22.2 Å². The summed E-state index contributed by atoms with van der Waals surface area (Å²) in [7, 11) is -1.94. The molecule has 188 valence electrons. The monoisotopic (exact) mass is 532 g/mol. The SMILES string of the molecule is CCOP(=O)(c1ccc(C)cc1)N(C)c1cc(-c2ccc(-c3cc4ncccc4o3)cc2)sc1C(=O)O. The number of furan rings is 1. The maximum atomic E-state index is 14.1. The third-order valence-electron chi connectivity index (χ3n) is 6.06. The third-order valence-corrected chi connectivity index (χ3v) is 9.78. The zero-order valence-electron chi connectivity index (χ0n) is 20.5. The normalized spacial score (nSPS) is 12.9. The number of carboxylic acids is 1. The van der Waals surface area contributed by atoms with Gasteiger partial charge < -0.3 is 14.0 Å². The number of fused-ring (bicyclic) bond motifs is 1. The first-order valence-corrected chi connectivity index (χ1v) is 14.1. The Kier molecular flexibility index (Phi) is 6.73. The number of hydrogen-bond acceptors (Lipinski definition) is 6. The average molecular weight is 533 g/mol. The highest BCUT2D eigenvalue weighted by atomic mass is 32.1. The van der Waals surface area contributed by atoms with E-state index in [0.29, 0.717) is 22.3 Å². The van der Waals surface area contributed by atoms with Gasteiger partial charge in [0.1, 0.15) is 16.2 Å². The molecule has 0 bridgehead atoms. The first kappa shape index (κ1) is 25.0. The van der Waals surface area contributed by atoms with Crippen LogP contribution in [0.15, 0.2) is 83.4 Å². The highest BCUT2D eigenvalue weighted by Crippen LogP contribution is 2.53. The highest BCUT2D eigenvalue weighted by Gasteiger charge is 2.35. The van der Waals surface area contributed by atoms with Gasteiger partial charge in [0.15, 0.2) is 5.58 Å². The van der Waals surface area contributed by atoms with E-state index >= 15 is 0 Å². The number of carbonyl (C=O) groups is 1. The quantitative estimate of drug-likeness (QED) is 0.211. The molecule has 5 aromatic rings. The zero-order valence-corrected chi connectivity index (χ0v) is 22.3. The molecule has 7 nitrogen and oxygen atoms in total. The highest BCUT2D eigenvalue weighted by molar-refractivity contribution is 7.68. The van der Waals surface area contributed by atoms with Crippen molar-refractivity contribution >= 4 is 46.9 Å². The number of benzene rings is 2. The molecule has 5 rings (SSSR count). The van der Waals surface area contributed by atoms with Crippen LogP contribution in [0, 0.1) is 6.92 Å². The number of aromatic nitrogens is 1. The summed E-state index contributed by atoms with van der Waals surface area (Å²) in [6.07, 6.45) is 1.72. The molecule has 3 heterocycles. The van der Waals surface area contributed by atoms with Crippen LogP contribution in [-0.2, 0) is 9.09 Å². The van der Waals surface area contributed by atoms with Gasteiger partial charge in [-0.15, -0.1) is 11.3 Å². The van der Waals surface area contributed by atoms with Gasteiger partial charge in [0, 0.05) is 29.8 Å². The molecule has 0 aliphatic heterocycles. The molecule has 3 aromatic heterocycles. The van der Waals surface area contributed by atoms with E-state index in [-0.39, 0.29) is 11.5 Å². The Balaban J connectivity index is 1.51. The number of hydrogen-bond donors (Lipinski definition) is 1. The fourth-order valence-electron chi connectivity index (χ4n) is 4.11. The second-order valence-electron chi connectivity index (χ2n) is 8.50. The van der Waals surface area contributed by atoms with Crippen LogP contribution in [0.3, 0.4) is 0 Å². The smallest absolute Gasteiger partial charge is 0.348 e. The molecular weight excluding hydrogens is 507 g/mol. The summed E-state index contributed by atoms with van der Waals surface area (Å²) in [5.74, 6) is -0.384. The second-order valence-corrected chi connectivity index (χ2v) is 12.0. The van der Waals surface area contributed by atoms with E-state index in [1.807, 2.05) is 61.5 Å². The molecule has 0 aliphatic carbocycles. The number of aryl methyl sites for hydroxylation is 1. The Bertz CT molecular complexity index is 1590. The molecule has 1 N–H and O–H groups in total. The summed E-state index contributed by atoms with van der Waals surface area (Å²) >= 11 is 1.14. The Morgan fingerprint density at radius 2 is 1.78 bits per heavy atom. The Morgan fingerprint density at radius 1 is 1.08 bits per heavy atom. The molecule has 37 heavy (non-hydrogen) atoms. The molecule has 0 spiro atoms. The molecule has 0 aliphatic rings. The lowest BCUT2D eigenvalue weighted by atomic mass is 10.1. The summed E-state index contributed by atoms with van der Waals surface area (Å²) in [6.45, 7) is 3.93. The lowest BCUT2D eigenvalue weighted by Crippen LogP contribution is -2.24. The van der Waals surface area contributed by atoms with Gasteiger partial charge in [0.05, 0.1) is 17.6 Å². The van der Waals surface area contributed by atoms with E-state index in [0.717, 1.165) is 38.4 Å². The van der Waals surface area contributed by atoms with Crippen molar-refractivity contribution in [2.75, 3.05) is 18.3 Å². The molecule has 9 heteroatoms. The molecule has 0 saturated heterocycles. The van der Waals surface area contributed by atoms with Crippen molar-refractivity contribution in [3.05, 3.63) is 89.4 Å².